The highest BCUT2D eigenvalue weighted by molar-refractivity contribution is 7.46. The Morgan fingerprint density at radius 1 is 1.35 bits per heavy atom. The number of benzene rings is 1. The average Bonchev–Trinajstić information content (AvgIpc) is 2.50. The van der Waals surface area contributed by atoms with Gasteiger partial charge in [0.2, 0.25) is 5.88 Å². The van der Waals surface area contributed by atoms with E-state index in [0.29, 0.717) is 16.9 Å². The second kappa shape index (κ2) is 7.36. The molecular weight excluding hydrogens is 321 g/mol. The largest absolute Gasteiger partial charge is 0.525 e. The molecule has 0 fully saturated rings. The van der Waals surface area contributed by atoms with Crippen molar-refractivity contribution < 1.29 is 28.7 Å². The molecule has 0 saturated carbocycles. The van der Waals surface area contributed by atoms with Gasteiger partial charge in [0.25, 0.3) is 0 Å². The lowest BCUT2D eigenvalue weighted by atomic mass is 9.84. The summed E-state index contributed by atoms with van der Waals surface area (Å²) in [6.45, 7) is 3.35. The van der Waals surface area contributed by atoms with Crippen molar-refractivity contribution in [2.75, 3.05) is 21.2 Å². The van der Waals surface area contributed by atoms with Crippen molar-refractivity contribution in [1.82, 2.24) is 4.90 Å². The number of hydrogen-bond donors (Lipinski definition) is 3. The quantitative estimate of drug-likeness (QED) is 0.514. The van der Waals surface area contributed by atoms with E-state index in [9.17, 15) is 9.67 Å². The molecule has 1 aromatic carbocycles. The van der Waals surface area contributed by atoms with E-state index >= 15 is 0 Å². The van der Waals surface area contributed by atoms with E-state index in [2.05, 4.69) is 0 Å². The van der Waals surface area contributed by atoms with Crippen LogP contribution in [0.3, 0.4) is 0 Å². The van der Waals surface area contributed by atoms with Gasteiger partial charge in [-0.3, -0.25) is 9.79 Å². The average molecular weight is 345 g/mol. The third-order valence-electron chi connectivity index (χ3n) is 3.61. The van der Waals surface area contributed by atoms with Crippen molar-refractivity contribution >= 4 is 7.82 Å². The van der Waals surface area contributed by atoms with Gasteiger partial charge in [-0.15, -0.1) is 0 Å². The van der Waals surface area contributed by atoms with Crippen LogP contribution in [-0.2, 0) is 14.7 Å². The van der Waals surface area contributed by atoms with Gasteiger partial charge in [-0.2, -0.15) is 0 Å². The molecule has 0 spiro atoms. The third kappa shape index (κ3) is 4.72. The Labute approximate surface area is 136 Å². The molecule has 0 aliphatic rings. The number of phosphoric ester groups is 1. The lowest BCUT2D eigenvalue weighted by Crippen LogP contribution is -2.30. The zero-order chi connectivity index (χ0) is 17.8. The fraction of sp³-hybridized carbons (Fsp3) is 0.467. The van der Waals surface area contributed by atoms with Crippen LogP contribution < -0.4 is 4.74 Å². The van der Waals surface area contributed by atoms with Crippen molar-refractivity contribution in [3.63, 3.8) is 0 Å². The van der Waals surface area contributed by atoms with Gasteiger partial charge >= 0.3 is 7.82 Å². The second-order valence-electron chi connectivity index (χ2n) is 5.35. The molecule has 8 heteroatoms. The summed E-state index contributed by atoms with van der Waals surface area (Å²) in [6, 6.07) is 6.89. The molecule has 0 aliphatic carbocycles. The zero-order valence-electron chi connectivity index (χ0n) is 14.0. The van der Waals surface area contributed by atoms with Crippen LogP contribution in [0, 0.1) is 0 Å². The first-order valence-electron chi connectivity index (χ1n) is 7.06. The number of ether oxygens (including phenoxy) is 1. The summed E-state index contributed by atoms with van der Waals surface area (Å²) in [6.07, 6.45) is 0.286. The maximum Gasteiger partial charge on any atom is 0.525 e. The second-order valence-corrected chi connectivity index (χ2v) is 6.52. The van der Waals surface area contributed by atoms with Crippen molar-refractivity contribution in [3.05, 3.63) is 41.3 Å². The van der Waals surface area contributed by atoms with E-state index < -0.39 is 13.4 Å². The minimum Gasteiger partial charge on any atom is -0.497 e. The van der Waals surface area contributed by atoms with Gasteiger partial charge in [-0.25, -0.2) is 4.57 Å². The minimum absolute atomic E-state index is 0.0782. The molecule has 1 rings (SSSR count). The predicted molar refractivity (Wildman–Crippen MR) is 86.7 cm³/mol. The standard InChI is InChI=1S/C15H24NO6P/c1-6-15(17,12-8-7-9-13(10-12)21-5)11(2)14(16(3)4)22-23(18,19)20/h7-10,17H,6H2,1-5H3,(H2,18,19,20)/b14-11+. The van der Waals surface area contributed by atoms with E-state index in [1.165, 1.54) is 12.0 Å². The molecular formula is C15H24NO6P. The summed E-state index contributed by atoms with van der Waals surface area (Å²) < 4.78 is 21.2. The highest BCUT2D eigenvalue weighted by Gasteiger charge is 2.35. The fourth-order valence-electron chi connectivity index (χ4n) is 2.34. The van der Waals surface area contributed by atoms with E-state index in [1.54, 1.807) is 52.2 Å². The Kier molecular flexibility index (Phi) is 6.25. The number of phosphoric acid groups is 1. The first-order chi connectivity index (χ1) is 10.5. The zero-order valence-corrected chi connectivity index (χ0v) is 14.9. The summed E-state index contributed by atoms with van der Waals surface area (Å²) in [5.41, 5.74) is -0.615. The van der Waals surface area contributed by atoms with Crippen molar-refractivity contribution in [2.24, 2.45) is 0 Å². The minimum atomic E-state index is -4.75. The lowest BCUT2D eigenvalue weighted by molar-refractivity contribution is 0.0606. The molecule has 7 nitrogen and oxygen atoms in total. The normalized spacial score (nSPS) is 15.5. The van der Waals surface area contributed by atoms with E-state index in [1.807, 2.05) is 0 Å². The van der Waals surface area contributed by atoms with Crippen LogP contribution in [-0.4, -0.2) is 41.0 Å². The molecule has 0 bridgehead atoms. The smallest absolute Gasteiger partial charge is 0.497 e. The molecule has 0 aromatic heterocycles. The highest BCUT2D eigenvalue weighted by atomic mass is 31.2. The molecule has 0 heterocycles. The Morgan fingerprint density at radius 3 is 2.39 bits per heavy atom. The number of rotatable bonds is 7. The molecule has 0 saturated heterocycles. The summed E-state index contributed by atoms with van der Waals surface area (Å²) in [4.78, 5) is 19.6. The molecule has 23 heavy (non-hydrogen) atoms. The third-order valence-corrected chi connectivity index (χ3v) is 4.02. The van der Waals surface area contributed by atoms with Crippen LogP contribution in [0.2, 0.25) is 0 Å². The van der Waals surface area contributed by atoms with Gasteiger partial charge in [-0.1, -0.05) is 19.1 Å². The Morgan fingerprint density at radius 2 is 1.96 bits per heavy atom. The summed E-state index contributed by atoms with van der Waals surface area (Å²) in [7, 11) is -0.0701. The molecule has 1 atom stereocenters. The van der Waals surface area contributed by atoms with E-state index in [-0.39, 0.29) is 12.3 Å². The lowest BCUT2D eigenvalue weighted by Gasteiger charge is -2.32. The molecule has 3 N–H and O–H groups in total. The molecule has 1 aromatic rings. The monoisotopic (exact) mass is 345 g/mol. The first kappa shape index (κ1) is 19.5. The SMILES string of the molecule is CCC(O)(/C(C)=C(/OP(=O)(O)O)N(C)C)c1cccc(OC)c1. The van der Waals surface area contributed by atoms with Crippen LogP contribution >= 0.6 is 7.82 Å². The molecule has 0 amide bonds. The van der Waals surface area contributed by atoms with Crippen LogP contribution in [0.1, 0.15) is 25.8 Å². The summed E-state index contributed by atoms with van der Waals surface area (Å²) in [5, 5.41) is 11.1. The van der Waals surface area contributed by atoms with Crippen LogP contribution in [0.5, 0.6) is 5.75 Å². The van der Waals surface area contributed by atoms with Crippen molar-refractivity contribution in [3.8, 4) is 5.75 Å². The van der Waals surface area contributed by atoms with Crippen LogP contribution in [0.15, 0.2) is 35.7 Å². The predicted octanol–water partition coefficient (Wildman–Crippen LogP) is 2.20. The van der Waals surface area contributed by atoms with Gasteiger partial charge in [0.1, 0.15) is 11.4 Å². The van der Waals surface area contributed by atoms with Gasteiger partial charge in [-0.05, 0) is 31.0 Å². The first-order valence-corrected chi connectivity index (χ1v) is 8.59. The van der Waals surface area contributed by atoms with Crippen molar-refractivity contribution in [2.45, 2.75) is 25.9 Å². The molecule has 0 aliphatic heterocycles. The molecule has 130 valence electrons. The van der Waals surface area contributed by atoms with Crippen molar-refractivity contribution in [1.29, 1.82) is 0 Å². The van der Waals surface area contributed by atoms with Gasteiger partial charge in [0, 0.05) is 19.7 Å². The number of aliphatic hydroxyl groups is 1. The molecule has 0 radical (unpaired) electrons. The van der Waals surface area contributed by atoms with Gasteiger partial charge in [0.15, 0.2) is 0 Å². The Balaban J connectivity index is 3.48. The Bertz CT molecular complexity index is 624. The van der Waals surface area contributed by atoms with Gasteiger partial charge in [0.05, 0.1) is 7.11 Å². The fourth-order valence-corrected chi connectivity index (χ4v) is 2.87. The van der Waals surface area contributed by atoms with E-state index in [4.69, 9.17) is 19.0 Å². The summed E-state index contributed by atoms with van der Waals surface area (Å²) >= 11 is 0. The topological polar surface area (TPSA) is 99.5 Å². The number of methoxy groups -OCH3 is 1. The Hall–Kier alpha value is -1.53. The molecule has 1 unspecified atom stereocenters. The maximum atomic E-state index is 11.2. The van der Waals surface area contributed by atoms with Crippen LogP contribution in [0.25, 0.3) is 0 Å². The number of nitrogens with zero attached hydrogens (tertiary/aromatic N) is 1. The van der Waals surface area contributed by atoms with Gasteiger partial charge < -0.3 is 19.3 Å². The number of hydrogen-bond acceptors (Lipinski definition) is 5. The van der Waals surface area contributed by atoms with E-state index in [0.717, 1.165) is 0 Å². The van der Waals surface area contributed by atoms with Crippen LogP contribution in [0.4, 0.5) is 0 Å². The summed E-state index contributed by atoms with van der Waals surface area (Å²) in [5.74, 6) is 0.495. The maximum absolute atomic E-state index is 11.2. The highest BCUT2D eigenvalue weighted by Crippen LogP contribution is 2.43.